The zero-order valence-corrected chi connectivity index (χ0v) is 10.5. The molecule has 0 atom stereocenters. The van der Waals surface area contributed by atoms with Gasteiger partial charge in [-0.05, 0) is 0 Å². The number of imidazole rings is 1. The van der Waals surface area contributed by atoms with Gasteiger partial charge in [0, 0.05) is 32.3 Å². The summed E-state index contributed by atoms with van der Waals surface area (Å²) in [5.74, 6) is -1.61. The summed E-state index contributed by atoms with van der Waals surface area (Å²) < 4.78 is 1.75. The fraction of sp³-hybridized carbons (Fsp3) is 0.400. The predicted octanol–water partition coefficient (Wildman–Crippen LogP) is 0.119. The van der Waals surface area contributed by atoms with Crippen molar-refractivity contribution in [2.75, 3.05) is 5.75 Å². The second kappa shape index (κ2) is 5.21. The molecule has 1 aromatic heterocycles. The summed E-state index contributed by atoms with van der Waals surface area (Å²) >= 11 is 1.18. The summed E-state index contributed by atoms with van der Waals surface area (Å²) in [4.78, 5) is 42.6. The van der Waals surface area contributed by atoms with Gasteiger partial charge in [0.05, 0.1) is 0 Å². The summed E-state index contributed by atoms with van der Waals surface area (Å²) in [5.41, 5.74) is 0. The van der Waals surface area contributed by atoms with Crippen LogP contribution in [0.2, 0.25) is 0 Å². The molecule has 0 radical (unpaired) electrons. The van der Waals surface area contributed by atoms with E-state index in [1.165, 1.54) is 11.8 Å². The minimum Gasteiger partial charge on any atom is -0.329 e. The van der Waals surface area contributed by atoms with Crippen LogP contribution in [0.5, 0.6) is 0 Å². The van der Waals surface area contributed by atoms with Crippen molar-refractivity contribution in [2.24, 2.45) is 7.05 Å². The van der Waals surface area contributed by atoms with Crippen molar-refractivity contribution >= 4 is 29.5 Å². The lowest BCUT2D eigenvalue weighted by Gasteiger charge is -2.12. The van der Waals surface area contributed by atoms with Crippen LogP contribution in [0.15, 0.2) is 17.6 Å². The summed E-state index contributed by atoms with van der Waals surface area (Å²) in [6.45, 7) is 0. The first-order valence-electron chi connectivity index (χ1n) is 5.24. The van der Waals surface area contributed by atoms with Crippen molar-refractivity contribution in [3.63, 3.8) is 0 Å². The average molecular weight is 269 g/mol. The van der Waals surface area contributed by atoms with E-state index in [4.69, 9.17) is 4.84 Å². The number of imide groups is 1. The Kier molecular flexibility index (Phi) is 3.66. The van der Waals surface area contributed by atoms with Gasteiger partial charge in [-0.15, -0.1) is 5.06 Å². The van der Waals surface area contributed by atoms with Gasteiger partial charge in [-0.2, -0.15) is 0 Å². The normalized spacial score (nSPS) is 15.3. The number of aryl methyl sites for hydroxylation is 1. The molecule has 1 aliphatic heterocycles. The minimum absolute atomic E-state index is 0.0120. The molecule has 18 heavy (non-hydrogen) atoms. The van der Waals surface area contributed by atoms with E-state index in [1.54, 1.807) is 24.0 Å². The zero-order valence-electron chi connectivity index (χ0n) is 9.66. The Labute approximate surface area is 107 Å². The predicted molar refractivity (Wildman–Crippen MR) is 61.1 cm³/mol. The van der Waals surface area contributed by atoms with E-state index in [-0.39, 0.29) is 18.6 Å². The molecule has 0 aliphatic carbocycles. The van der Waals surface area contributed by atoms with Crippen molar-refractivity contribution < 1.29 is 19.2 Å². The molecule has 7 nitrogen and oxygen atoms in total. The van der Waals surface area contributed by atoms with E-state index in [9.17, 15) is 14.4 Å². The maximum absolute atomic E-state index is 11.5. The summed E-state index contributed by atoms with van der Waals surface area (Å²) in [5, 5.41) is 1.20. The summed E-state index contributed by atoms with van der Waals surface area (Å²) in [6, 6.07) is 0. The maximum atomic E-state index is 11.5. The molecular weight excluding hydrogens is 258 g/mol. The first-order chi connectivity index (χ1) is 8.58. The van der Waals surface area contributed by atoms with Crippen LogP contribution in [0.25, 0.3) is 0 Å². The van der Waals surface area contributed by atoms with Crippen LogP contribution in [0.1, 0.15) is 12.8 Å². The Balaban J connectivity index is 1.84. The molecule has 0 unspecified atom stereocenters. The van der Waals surface area contributed by atoms with E-state index in [0.29, 0.717) is 10.2 Å². The number of amides is 2. The second-order valence-corrected chi connectivity index (χ2v) is 4.60. The molecule has 0 bridgehead atoms. The van der Waals surface area contributed by atoms with Gasteiger partial charge in [0.1, 0.15) is 5.75 Å². The molecule has 2 heterocycles. The number of rotatable bonds is 4. The molecule has 1 saturated heterocycles. The second-order valence-electron chi connectivity index (χ2n) is 3.65. The molecule has 1 aromatic rings. The number of aromatic nitrogens is 2. The third kappa shape index (κ3) is 2.70. The molecular formula is C10H11N3O4S. The molecule has 2 rings (SSSR count). The van der Waals surface area contributed by atoms with Crippen LogP contribution in [0.3, 0.4) is 0 Å². The number of thioether (sulfide) groups is 1. The van der Waals surface area contributed by atoms with Gasteiger partial charge < -0.3 is 9.40 Å². The molecule has 1 fully saturated rings. The lowest BCUT2D eigenvalue weighted by atomic mass is 10.4. The van der Waals surface area contributed by atoms with Gasteiger partial charge >= 0.3 is 5.97 Å². The number of hydrogen-bond acceptors (Lipinski definition) is 6. The largest absolute Gasteiger partial charge is 0.343 e. The standard InChI is InChI=1S/C10H11N3O4S/c1-12-5-4-11-10(12)18-6-9(16)17-13-7(14)2-3-8(13)15/h4-5H,2-3,6H2,1H3. The van der Waals surface area contributed by atoms with Crippen molar-refractivity contribution in [3.8, 4) is 0 Å². The van der Waals surface area contributed by atoms with Gasteiger partial charge in [-0.1, -0.05) is 11.8 Å². The van der Waals surface area contributed by atoms with E-state index in [2.05, 4.69) is 4.98 Å². The quantitative estimate of drug-likeness (QED) is 0.570. The van der Waals surface area contributed by atoms with E-state index < -0.39 is 17.8 Å². The van der Waals surface area contributed by atoms with Gasteiger partial charge in [0.2, 0.25) is 0 Å². The Morgan fingerprint density at radius 1 is 1.44 bits per heavy atom. The topological polar surface area (TPSA) is 81.5 Å². The average Bonchev–Trinajstić information content (AvgIpc) is 2.87. The van der Waals surface area contributed by atoms with E-state index >= 15 is 0 Å². The van der Waals surface area contributed by atoms with Gasteiger partial charge in [0.15, 0.2) is 5.16 Å². The van der Waals surface area contributed by atoms with Crippen LogP contribution in [-0.4, -0.2) is 38.2 Å². The van der Waals surface area contributed by atoms with Crippen LogP contribution < -0.4 is 0 Å². The summed E-state index contributed by atoms with van der Waals surface area (Å²) in [7, 11) is 1.80. The Morgan fingerprint density at radius 2 is 2.11 bits per heavy atom. The van der Waals surface area contributed by atoms with Crippen LogP contribution in [0, 0.1) is 0 Å². The smallest absolute Gasteiger partial charge is 0.329 e. The highest BCUT2D eigenvalue weighted by Gasteiger charge is 2.32. The highest BCUT2D eigenvalue weighted by molar-refractivity contribution is 7.99. The number of carbonyl (C=O) groups excluding carboxylic acids is 3. The van der Waals surface area contributed by atoms with Gasteiger partial charge in [-0.3, -0.25) is 9.59 Å². The van der Waals surface area contributed by atoms with Crippen LogP contribution >= 0.6 is 11.8 Å². The van der Waals surface area contributed by atoms with Crippen molar-refractivity contribution in [3.05, 3.63) is 12.4 Å². The third-order valence-electron chi connectivity index (χ3n) is 2.29. The molecule has 0 spiro atoms. The first-order valence-corrected chi connectivity index (χ1v) is 6.23. The van der Waals surface area contributed by atoms with Crippen molar-refractivity contribution in [1.82, 2.24) is 14.6 Å². The number of nitrogens with zero attached hydrogens (tertiary/aromatic N) is 3. The monoisotopic (exact) mass is 269 g/mol. The molecule has 1 aliphatic rings. The molecule has 2 amide bonds. The lowest BCUT2D eigenvalue weighted by molar-refractivity contribution is -0.195. The summed E-state index contributed by atoms with van der Waals surface area (Å²) in [6.07, 6.45) is 3.56. The fourth-order valence-corrected chi connectivity index (χ4v) is 2.10. The number of hydroxylamine groups is 2. The van der Waals surface area contributed by atoms with Crippen LogP contribution in [0.4, 0.5) is 0 Å². The van der Waals surface area contributed by atoms with Crippen LogP contribution in [-0.2, 0) is 26.3 Å². The van der Waals surface area contributed by atoms with Gasteiger partial charge in [0.25, 0.3) is 11.8 Å². The molecule has 0 aromatic carbocycles. The SMILES string of the molecule is Cn1ccnc1SCC(=O)ON1C(=O)CCC1=O. The third-order valence-corrected chi connectivity index (χ3v) is 3.33. The molecule has 0 saturated carbocycles. The fourth-order valence-electron chi connectivity index (χ4n) is 1.40. The first kappa shape index (κ1) is 12.6. The number of hydrogen-bond donors (Lipinski definition) is 0. The highest BCUT2D eigenvalue weighted by atomic mass is 32.2. The molecule has 8 heteroatoms. The van der Waals surface area contributed by atoms with E-state index in [0.717, 1.165) is 0 Å². The van der Waals surface area contributed by atoms with Crippen molar-refractivity contribution in [1.29, 1.82) is 0 Å². The Bertz CT molecular complexity index is 483. The minimum atomic E-state index is -0.647. The van der Waals surface area contributed by atoms with E-state index in [1.807, 2.05) is 0 Å². The molecule has 0 N–H and O–H groups in total. The van der Waals surface area contributed by atoms with Crippen molar-refractivity contribution in [2.45, 2.75) is 18.0 Å². The molecule has 96 valence electrons. The Hall–Kier alpha value is -1.83. The zero-order chi connectivity index (χ0) is 13.1. The maximum Gasteiger partial charge on any atom is 0.343 e. The number of carbonyl (C=O) groups is 3. The Morgan fingerprint density at radius 3 is 2.67 bits per heavy atom. The lowest BCUT2D eigenvalue weighted by Crippen LogP contribution is -2.32. The highest BCUT2D eigenvalue weighted by Crippen LogP contribution is 2.16. The van der Waals surface area contributed by atoms with Gasteiger partial charge in [-0.25, -0.2) is 9.78 Å².